The van der Waals surface area contributed by atoms with Crippen LogP contribution in [-0.4, -0.2) is 37.2 Å². The van der Waals surface area contributed by atoms with E-state index in [9.17, 15) is 10.1 Å². The predicted octanol–water partition coefficient (Wildman–Crippen LogP) is 1.66. The lowest BCUT2D eigenvalue weighted by Gasteiger charge is -2.27. The number of esters is 1. The van der Waals surface area contributed by atoms with Crippen LogP contribution in [0, 0.1) is 22.8 Å². The number of rotatable bonds is 5. The number of benzene rings is 1. The molecule has 0 amide bonds. The number of nitrogens with zero attached hydrogens (tertiary/aromatic N) is 4. The maximum absolute atomic E-state index is 11.8. The first-order valence-corrected chi connectivity index (χ1v) is 9.74. The number of aromatic nitrogens is 1. The molecule has 170 valence electrons. The molecule has 0 aliphatic carbocycles. The van der Waals surface area contributed by atoms with E-state index in [4.69, 9.17) is 37.8 Å². The number of carbonyl (C=O) groups excluding carboxylic acids is 1. The molecule has 2 atom stereocenters. The Morgan fingerprint density at radius 3 is 2.67 bits per heavy atom. The van der Waals surface area contributed by atoms with Gasteiger partial charge in [-0.05, 0) is 24.6 Å². The van der Waals surface area contributed by atoms with Crippen molar-refractivity contribution < 1.29 is 19.0 Å². The summed E-state index contributed by atoms with van der Waals surface area (Å²) in [5, 5.41) is 23.8. The molecule has 12 nitrogen and oxygen atoms in total. The molecule has 2 aromatic rings. The smallest absolute Gasteiger partial charge is 0.346 e. The monoisotopic (exact) mass is 470 g/mol. The van der Waals surface area contributed by atoms with Crippen LogP contribution in [0.2, 0.25) is 5.02 Å². The van der Waals surface area contributed by atoms with Gasteiger partial charge in [0, 0.05) is 5.56 Å². The van der Waals surface area contributed by atoms with Crippen LogP contribution >= 0.6 is 11.6 Å². The largest absolute Gasteiger partial charge is 0.493 e. The zero-order chi connectivity index (χ0) is 24.3. The van der Waals surface area contributed by atoms with Crippen LogP contribution in [0.3, 0.4) is 0 Å². The molecule has 1 aliphatic rings. The number of guanidine groups is 1. The van der Waals surface area contributed by atoms with Gasteiger partial charge in [0.1, 0.15) is 29.3 Å². The van der Waals surface area contributed by atoms with Crippen LogP contribution < -0.4 is 31.6 Å². The number of aliphatic imine (C=N–C) groups is 1. The molecule has 1 aliphatic heterocycles. The number of hydrogen-bond donors (Lipinski definition) is 4. The first kappa shape index (κ1) is 23.2. The normalized spacial score (nSPS) is 15.0. The topological polar surface area (TPSA) is 194 Å². The molecule has 6 N–H and O–H groups in total. The fourth-order valence-corrected chi connectivity index (χ4v) is 3.49. The Morgan fingerprint density at radius 2 is 2.06 bits per heavy atom. The minimum atomic E-state index is -0.947. The highest BCUT2D eigenvalue weighted by atomic mass is 35.5. The van der Waals surface area contributed by atoms with E-state index in [2.05, 4.69) is 25.3 Å². The third-order valence-electron chi connectivity index (χ3n) is 4.75. The van der Waals surface area contributed by atoms with Crippen LogP contribution in [0.25, 0.3) is 0 Å². The van der Waals surface area contributed by atoms with Crippen molar-refractivity contribution in [3.63, 3.8) is 0 Å². The van der Waals surface area contributed by atoms with Crippen molar-refractivity contribution in [1.82, 2.24) is 10.3 Å². The predicted molar refractivity (Wildman–Crippen MR) is 120 cm³/mol. The molecule has 0 fully saturated rings. The summed E-state index contributed by atoms with van der Waals surface area (Å²) in [5.41, 5.74) is 13.0. The number of anilines is 3. The highest BCUT2D eigenvalue weighted by Gasteiger charge is 2.31. The fraction of sp³-hybridized carbons (Fsp3) is 0.250. The van der Waals surface area contributed by atoms with E-state index >= 15 is 0 Å². The van der Waals surface area contributed by atoms with Gasteiger partial charge in [-0.25, -0.2) is 14.8 Å². The summed E-state index contributed by atoms with van der Waals surface area (Å²) in [6.45, 7) is 1.50. The van der Waals surface area contributed by atoms with Crippen molar-refractivity contribution in [3.05, 3.63) is 33.8 Å². The van der Waals surface area contributed by atoms with Crippen molar-refractivity contribution >= 4 is 40.9 Å². The Balaban J connectivity index is 2.18. The number of nitrogens with two attached hydrogens (primary N) is 2. The van der Waals surface area contributed by atoms with Gasteiger partial charge in [0.05, 0.1) is 24.9 Å². The quantitative estimate of drug-likeness (QED) is 0.282. The second kappa shape index (κ2) is 9.38. The van der Waals surface area contributed by atoms with Gasteiger partial charge >= 0.3 is 5.97 Å². The lowest BCUT2D eigenvalue weighted by Crippen LogP contribution is -2.32. The summed E-state index contributed by atoms with van der Waals surface area (Å²) in [7, 11) is 2.64. The molecule has 0 saturated carbocycles. The van der Waals surface area contributed by atoms with Crippen LogP contribution in [0.5, 0.6) is 11.5 Å². The summed E-state index contributed by atoms with van der Waals surface area (Å²) in [4.78, 5) is 20.4. The van der Waals surface area contributed by atoms with E-state index < -0.39 is 18.1 Å². The van der Waals surface area contributed by atoms with Gasteiger partial charge in [-0.15, -0.1) is 0 Å². The number of fused-ring (bicyclic) bond motifs is 1. The van der Waals surface area contributed by atoms with Gasteiger partial charge in [-0.2, -0.15) is 10.5 Å². The summed E-state index contributed by atoms with van der Waals surface area (Å²) < 4.78 is 15.7. The van der Waals surface area contributed by atoms with E-state index in [0.717, 1.165) is 0 Å². The van der Waals surface area contributed by atoms with Gasteiger partial charge in [-0.1, -0.05) is 11.6 Å². The minimum Gasteiger partial charge on any atom is -0.493 e. The van der Waals surface area contributed by atoms with E-state index in [1.807, 2.05) is 6.07 Å². The van der Waals surface area contributed by atoms with Gasteiger partial charge in [0.15, 0.2) is 23.8 Å². The Hall–Kier alpha value is -4.42. The number of ether oxygens (including phenoxy) is 3. The van der Waals surface area contributed by atoms with Crippen molar-refractivity contribution in [1.29, 1.82) is 10.5 Å². The molecular formula is C20H19ClN8O4. The molecular weight excluding hydrogens is 452 g/mol. The second-order valence-corrected chi connectivity index (χ2v) is 7.13. The molecule has 0 bridgehead atoms. The number of carbonyl (C=O) groups is 1. The van der Waals surface area contributed by atoms with Crippen LogP contribution in [0.1, 0.15) is 29.7 Å². The zero-order valence-electron chi connectivity index (χ0n) is 17.8. The summed E-state index contributed by atoms with van der Waals surface area (Å²) in [5.74, 6) is -0.0374. The summed E-state index contributed by atoms with van der Waals surface area (Å²) in [6, 6.07) is 4.22. The number of halogens is 1. The summed E-state index contributed by atoms with van der Waals surface area (Å²) in [6.07, 6.45) is 0.825. The molecule has 1 aromatic carbocycles. The van der Waals surface area contributed by atoms with Gasteiger partial charge in [-0.3, -0.25) is 5.32 Å². The second-order valence-electron chi connectivity index (χ2n) is 6.72. The lowest BCUT2D eigenvalue weighted by atomic mass is 9.95. The molecule has 2 heterocycles. The van der Waals surface area contributed by atoms with E-state index in [1.165, 1.54) is 21.1 Å². The number of methoxy groups -OCH3 is 2. The highest BCUT2D eigenvalue weighted by molar-refractivity contribution is 6.32. The average Bonchev–Trinajstić information content (AvgIpc) is 2.79. The summed E-state index contributed by atoms with van der Waals surface area (Å²) >= 11 is 6.46. The molecule has 33 heavy (non-hydrogen) atoms. The highest BCUT2D eigenvalue weighted by Crippen LogP contribution is 2.45. The fourth-order valence-electron chi connectivity index (χ4n) is 3.22. The van der Waals surface area contributed by atoms with E-state index in [-0.39, 0.29) is 45.4 Å². The van der Waals surface area contributed by atoms with Gasteiger partial charge < -0.3 is 31.0 Å². The van der Waals surface area contributed by atoms with E-state index in [0.29, 0.717) is 11.1 Å². The number of hydrogen-bond acceptors (Lipinski definition) is 12. The molecule has 2 unspecified atom stereocenters. The maximum atomic E-state index is 11.8. The Morgan fingerprint density at radius 1 is 1.33 bits per heavy atom. The van der Waals surface area contributed by atoms with Crippen molar-refractivity contribution in [2.24, 2.45) is 4.99 Å². The molecule has 1 aromatic heterocycles. The Labute approximate surface area is 193 Å². The molecule has 0 radical (unpaired) electrons. The minimum absolute atomic E-state index is 0.00244. The number of pyridine rings is 1. The average molecular weight is 471 g/mol. The first-order valence-electron chi connectivity index (χ1n) is 9.36. The third-order valence-corrected chi connectivity index (χ3v) is 5.03. The Bertz CT molecular complexity index is 1230. The standard InChI is InChI=1S/C20H19ClN8O4/c1-8(19(30)32-3)33-16-11(21)4-9(5-12(16)31-2)15-13-14(24)10(6-22)17(25)28-18(13)29-20(27-15)26-7-23/h4-5,8,15H,1-3H3,(H6,24,25,26,27,28,29). The maximum Gasteiger partial charge on any atom is 0.346 e. The first-order chi connectivity index (χ1) is 15.7. The van der Waals surface area contributed by atoms with Gasteiger partial charge in [0.2, 0.25) is 5.96 Å². The van der Waals surface area contributed by atoms with Crippen LogP contribution in [0.15, 0.2) is 17.1 Å². The van der Waals surface area contributed by atoms with Crippen LogP contribution in [-0.2, 0) is 9.53 Å². The molecule has 13 heteroatoms. The van der Waals surface area contributed by atoms with Crippen molar-refractivity contribution in [3.8, 4) is 23.8 Å². The number of nitrogens with one attached hydrogen (secondary N) is 2. The van der Waals surface area contributed by atoms with Crippen molar-refractivity contribution in [2.75, 3.05) is 31.0 Å². The molecule has 0 saturated heterocycles. The van der Waals surface area contributed by atoms with E-state index in [1.54, 1.807) is 18.3 Å². The van der Waals surface area contributed by atoms with Crippen molar-refractivity contribution in [2.45, 2.75) is 19.1 Å². The Kier molecular flexibility index (Phi) is 6.61. The number of nitriles is 2. The van der Waals surface area contributed by atoms with Gasteiger partial charge in [0.25, 0.3) is 0 Å². The lowest BCUT2D eigenvalue weighted by molar-refractivity contribution is -0.147. The zero-order valence-corrected chi connectivity index (χ0v) is 18.5. The molecule has 3 rings (SSSR count). The number of nitrogen functional groups attached to an aromatic ring is 2. The molecule has 0 spiro atoms. The third kappa shape index (κ3) is 4.33. The SMILES string of the molecule is COC(=O)C(C)Oc1c(Cl)cc(C2N=C(NC#N)Nc3nc(N)c(C#N)c(N)c32)cc1OC. The van der Waals surface area contributed by atoms with Crippen LogP contribution in [0.4, 0.5) is 17.3 Å².